The van der Waals surface area contributed by atoms with Crippen molar-refractivity contribution in [2.75, 3.05) is 7.11 Å². The Labute approximate surface area is 143 Å². The van der Waals surface area contributed by atoms with Crippen LogP contribution in [-0.4, -0.2) is 22.2 Å². The van der Waals surface area contributed by atoms with Gasteiger partial charge in [0.2, 0.25) is 0 Å². The Morgan fingerprint density at radius 2 is 2.25 bits per heavy atom. The van der Waals surface area contributed by atoms with Crippen LogP contribution < -0.4 is 10.3 Å². The van der Waals surface area contributed by atoms with Gasteiger partial charge in [0.15, 0.2) is 11.5 Å². The summed E-state index contributed by atoms with van der Waals surface area (Å²) in [6, 6.07) is 4.94. The molecule has 0 saturated heterocycles. The van der Waals surface area contributed by atoms with Crippen molar-refractivity contribution in [2.45, 2.75) is 26.2 Å². The van der Waals surface area contributed by atoms with E-state index in [1.807, 2.05) is 0 Å². The van der Waals surface area contributed by atoms with Gasteiger partial charge < -0.3 is 14.8 Å². The number of methoxy groups -OCH3 is 1. The van der Waals surface area contributed by atoms with Crippen LogP contribution in [0.5, 0.6) is 11.5 Å². The number of rotatable bonds is 2. The molecular weight excluding hydrogens is 324 g/mol. The number of aromatic hydroxyl groups is 1. The number of fused-ring (bicyclic) bond motifs is 3. The number of aromatic amines is 1. The summed E-state index contributed by atoms with van der Waals surface area (Å²) in [5, 5.41) is 10.5. The van der Waals surface area contributed by atoms with Gasteiger partial charge in [-0.2, -0.15) is 0 Å². The summed E-state index contributed by atoms with van der Waals surface area (Å²) in [6.07, 6.45) is 3.10. The van der Waals surface area contributed by atoms with Crippen molar-refractivity contribution in [1.82, 2.24) is 9.97 Å². The van der Waals surface area contributed by atoms with Crippen molar-refractivity contribution in [1.29, 1.82) is 0 Å². The molecule has 0 aliphatic heterocycles. The number of ether oxygens (including phenoxy) is 1. The molecule has 5 nitrogen and oxygen atoms in total. The van der Waals surface area contributed by atoms with Gasteiger partial charge in [0.25, 0.3) is 5.56 Å². The molecule has 1 aromatic carbocycles. The molecule has 2 N–H and O–H groups in total. The van der Waals surface area contributed by atoms with Gasteiger partial charge in [-0.15, -0.1) is 11.3 Å². The van der Waals surface area contributed by atoms with Crippen molar-refractivity contribution in [3.05, 3.63) is 39.0 Å². The minimum absolute atomic E-state index is 0.0604. The van der Waals surface area contributed by atoms with Gasteiger partial charge in [-0.25, -0.2) is 4.98 Å². The molecule has 1 aliphatic carbocycles. The first kappa shape index (κ1) is 15.2. The first-order valence-corrected chi connectivity index (χ1v) is 8.80. The van der Waals surface area contributed by atoms with E-state index in [0.29, 0.717) is 23.1 Å². The zero-order valence-electron chi connectivity index (χ0n) is 13.5. The van der Waals surface area contributed by atoms with Gasteiger partial charge in [-0.05, 0) is 48.9 Å². The van der Waals surface area contributed by atoms with Gasteiger partial charge in [0.1, 0.15) is 10.7 Å². The van der Waals surface area contributed by atoms with E-state index >= 15 is 0 Å². The highest BCUT2D eigenvalue weighted by molar-refractivity contribution is 7.18. The third-order valence-corrected chi connectivity index (χ3v) is 5.77. The van der Waals surface area contributed by atoms with Crippen LogP contribution in [0, 0.1) is 5.92 Å². The van der Waals surface area contributed by atoms with Crippen molar-refractivity contribution >= 4 is 21.6 Å². The molecule has 2 aromatic heterocycles. The number of benzene rings is 1. The zero-order valence-corrected chi connectivity index (χ0v) is 14.4. The average molecular weight is 342 g/mol. The van der Waals surface area contributed by atoms with Crippen molar-refractivity contribution in [3.63, 3.8) is 0 Å². The molecule has 124 valence electrons. The van der Waals surface area contributed by atoms with E-state index in [1.165, 1.54) is 17.6 Å². The monoisotopic (exact) mass is 342 g/mol. The number of H-pyrrole nitrogens is 1. The number of phenolic OH excluding ortho intramolecular Hbond substituents is 1. The number of phenols is 1. The lowest BCUT2D eigenvalue weighted by atomic mass is 9.89. The van der Waals surface area contributed by atoms with Crippen LogP contribution in [0.15, 0.2) is 23.0 Å². The Balaban J connectivity index is 1.88. The minimum atomic E-state index is -0.0888. The van der Waals surface area contributed by atoms with Crippen molar-refractivity contribution in [3.8, 4) is 22.9 Å². The smallest absolute Gasteiger partial charge is 0.260 e. The first-order chi connectivity index (χ1) is 11.6. The number of aryl methyl sites for hydroxylation is 1. The molecule has 0 amide bonds. The van der Waals surface area contributed by atoms with E-state index in [-0.39, 0.29) is 11.3 Å². The summed E-state index contributed by atoms with van der Waals surface area (Å²) in [4.78, 5) is 22.3. The lowest BCUT2D eigenvalue weighted by Crippen LogP contribution is -2.13. The summed E-state index contributed by atoms with van der Waals surface area (Å²) < 4.78 is 5.14. The second kappa shape index (κ2) is 5.63. The quantitative estimate of drug-likeness (QED) is 0.747. The van der Waals surface area contributed by atoms with Crippen LogP contribution >= 0.6 is 11.3 Å². The fraction of sp³-hybridized carbons (Fsp3) is 0.333. The molecule has 0 radical (unpaired) electrons. The Kier molecular flexibility index (Phi) is 3.57. The summed E-state index contributed by atoms with van der Waals surface area (Å²) in [6.45, 7) is 2.25. The third-order valence-electron chi connectivity index (χ3n) is 4.62. The van der Waals surface area contributed by atoms with Crippen molar-refractivity contribution in [2.24, 2.45) is 5.92 Å². The maximum Gasteiger partial charge on any atom is 0.260 e. The molecule has 0 spiro atoms. The van der Waals surface area contributed by atoms with Crippen LogP contribution in [0.1, 0.15) is 23.8 Å². The maximum atomic E-state index is 12.6. The number of nitrogens with one attached hydrogen (secondary N) is 1. The average Bonchev–Trinajstić information content (AvgIpc) is 2.92. The highest BCUT2D eigenvalue weighted by Crippen LogP contribution is 2.36. The summed E-state index contributed by atoms with van der Waals surface area (Å²) >= 11 is 1.63. The molecule has 2 heterocycles. The predicted octanol–water partition coefficient (Wildman–Crippen LogP) is 3.49. The Bertz CT molecular complexity index is 990. The molecule has 1 atom stereocenters. The summed E-state index contributed by atoms with van der Waals surface area (Å²) in [7, 11) is 1.49. The Hall–Kier alpha value is -2.34. The van der Waals surface area contributed by atoms with E-state index in [4.69, 9.17) is 4.74 Å². The molecule has 0 bridgehead atoms. The van der Waals surface area contributed by atoms with E-state index < -0.39 is 0 Å². The van der Waals surface area contributed by atoms with E-state index in [1.54, 1.807) is 29.5 Å². The van der Waals surface area contributed by atoms with Crippen LogP contribution in [0.25, 0.3) is 21.6 Å². The fourth-order valence-corrected chi connectivity index (χ4v) is 4.69. The van der Waals surface area contributed by atoms with Gasteiger partial charge in [0, 0.05) is 10.4 Å². The molecule has 0 saturated carbocycles. The minimum Gasteiger partial charge on any atom is -0.504 e. The lowest BCUT2D eigenvalue weighted by Gasteiger charge is -2.17. The number of aromatic nitrogens is 2. The van der Waals surface area contributed by atoms with Gasteiger partial charge in [-0.1, -0.05) is 6.92 Å². The molecule has 6 heteroatoms. The molecular formula is C18H18N2O3S. The van der Waals surface area contributed by atoms with Gasteiger partial charge in [0.05, 0.1) is 12.5 Å². The van der Waals surface area contributed by atoms with Crippen LogP contribution in [0.4, 0.5) is 0 Å². The van der Waals surface area contributed by atoms with Gasteiger partial charge in [-0.3, -0.25) is 4.79 Å². The van der Waals surface area contributed by atoms with Crippen molar-refractivity contribution < 1.29 is 9.84 Å². The molecule has 24 heavy (non-hydrogen) atoms. The third kappa shape index (κ3) is 2.38. The lowest BCUT2D eigenvalue weighted by molar-refractivity contribution is 0.373. The summed E-state index contributed by atoms with van der Waals surface area (Å²) in [5.41, 5.74) is 1.80. The predicted molar refractivity (Wildman–Crippen MR) is 95.1 cm³/mol. The van der Waals surface area contributed by atoms with Crippen LogP contribution in [-0.2, 0) is 12.8 Å². The summed E-state index contributed by atoms with van der Waals surface area (Å²) in [5.74, 6) is 1.57. The SMILES string of the molecule is COc1cc(-c2nc3sc4c(c3c(=O)[nH]2)CC[C@@H](C)C4)ccc1O. The number of nitrogens with zero attached hydrogens (tertiary/aromatic N) is 1. The highest BCUT2D eigenvalue weighted by atomic mass is 32.1. The van der Waals surface area contributed by atoms with E-state index in [9.17, 15) is 9.90 Å². The molecule has 4 rings (SSSR count). The molecule has 0 fully saturated rings. The molecule has 1 aliphatic rings. The molecule has 0 unspecified atom stereocenters. The van der Waals surface area contributed by atoms with E-state index in [0.717, 1.165) is 29.5 Å². The number of thiophene rings is 1. The van der Waals surface area contributed by atoms with Gasteiger partial charge >= 0.3 is 0 Å². The topological polar surface area (TPSA) is 75.2 Å². The number of hydrogen-bond donors (Lipinski definition) is 2. The van der Waals surface area contributed by atoms with E-state index in [2.05, 4.69) is 16.9 Å². The largest absolute Gasteiger partial charge is 0.504 e. The normalized spacial score (nSPS) is 17.0. The standard InChI is InChI=1S/C18H18N2O3S/c1-9-3-5-11-14(7-9)24-18-15(11)17(22)19-16(20-18)10-4-6-12(21)13(8-10)23-2/h4,6,8-9,21H,3,5,7H2,1-2H3,(H,19,20,22)/t9-/m1/s1. The zero-order chi connectivity index (χ0) is 16.8. The maximum absolute atomic E-state index is 12.6. The van der Waals surface area contributed by atoms with Crippen LogP contribution in [0.3, 0.4) is 0 Å². The highest BCUT2D eigenvalue weighted by Gasteiger charge is 2.23. The number of hydrogen-bond acceptors (Lipinski definition) is 5. The Morgan fingerprint density at radius 3 is 3.04 bits per heavy atom. The molecule has 3 aromatic rings. The second-order valence-electron chi connectivity index (χ2n) is 6.33. The fourth-order valence-electron chi connectivity index (χ4n) is 3.31. The van der Waals surface area contributed by atoms with Crippen LogP contribution in [0.2, 0.25) is 0 Å². The Morgan fingerprint density at radius 1 is 1.42 bits per heavy atom. The first-order valence-electron chi connectivity index (χ1n) is 7.98. The second-order valence-corrected chi connectivity index (χ2v) is 7.42.